The summed E-state index contributed by atoms with van der Waals surface area (Å²) < 4.78 is 5.70. The zero-order chi connectivity index (χ0) is 17.9. The smallest absolute Gasteiger partial charge is 0.191 e. The number of guanidine groups is 1. The lowest BCUT2D eigenvalue weighted by atomic mass is 10.2. The van der Waals surface area contributed by atoms with E-state index in [1.807, 2.05) is 18.2 Å². The lowest BCUT2D eigenvalue weighted by Crippen LogP contribution is -2.42. The molecule has 5 nitrogen and oxygen atoms in total. The maximum Gasteiger partial charge on any atom is 0.191 e. The molecule has 146 valence electrons. The molecule has 0 heterocycles. The van der Waals surface area contributed by atoms with Crippen molar-refractivity contribution in [2.45, 2.75) is 39.3 Å². The number of nitrogens with zero attached hydrogens (tertiary/aromatic N) is 2. The van der Waals surface area contributed by atoms with Crippen LogP contribution in [-0.4, -0.2) is 49.7 Å². The normalized spacial score (nSPS) is 13.9. The molecule has 0 bridgehead atoms. The molecule has 0 atom stereocenters. The zero-order valence-electron chi connectivity index (χ0n) is 16.0. The molecule has 2 rings (SSSR count). The summed E-state index contributed by atoms with van der Waals surface area (Å²) in [7, 11) is 0. The number of benzene rings is 1. The van der Waals surface area contributed by atoms with Crippen molar-refractivity contribution in [3.63, 3.8) is 0 Å². The molecular formula is C20H33IN4O. The second-order valence-corrected chi connectivity index (χ2v) is 6.19. The van der Waals surface area contributed by atoms with Gasteiger partial charge in [-0.2, -0.15) is 0 Å². The topological polar surface area (TPSA) is 48.9 Å². The van der Waals surface area contributed by atoms with Crippen LogP contribution in [0.5, 0.6) is 5.75 Å². The third kappa shape index (κ3) is 7.95. The highest BCUT2D eigenvalue weighted by molar-refractivity contribution is 14.0. The fourth-order valence-corrected chi connectivity index (χ4v) is 2.79. The first-order valence-corrected chi connectivity index (χ1v) is 9.36. The summed E-state index contributed by atoms with van der Waals surface area (Å²) in [6.07, 6.45) is 4.46. The molecule has 1 aliphatic rings. The summed E-state index contributed by atoms with van der Waals surface area (Å²) >= 11 is 0. The molecule has 2 N–H and O–H groups in total. The van der Waals surface area contributed by atoms with Crippen LogP contribution in [0.2, 0.25) is 0 Å². The number of rotatable bonds is 11. The van der Waals surface area contributed by atoms with Crippen LogP contribution in [0.15, 0.2) is 41.9 Å². The Hall–Kier alpha value is -1.28. The quantitative estimate of drug-likeness (QED) is 0.224. The molecule has 0 radical (unpaired) electrons. The number of ether oxygens (including phenoxy) is 1. The van der Waals surface area contributed by atoms with Crippen molar-refractivity contribution in [2.75, 3.05) is 32.8 Å². The predicted octanol–water partition coefficient (Wildman–Crippen LogP) is 3.41. The van der Waals surface area contributed by atoms with E-state index in [1.54, 1.807) is 6.08 Å². The summed E-state index contributed by atoms with van der Waals surface area (Å²) in [6.45, 7) is 13.0. The van der Waals surface area contributed by atoms with E-state index in [0.717, 1.165) is 49.5 Å². The van der Waals surface area contributed by atoms with Crippen molar-refractivity contribution in [3.8, 4) is 5.75 Å². The van der Waals surface area contributed by atoms with Gasteiger partial charge in [-0.3, -0.25) is 4.90 Å². The molecule has 1 saturated carbocycles. The fraction of sp³-hybridized carbons (Fsp3) is 0.550. The van der Waals surface area contributed by atoms with Crippen LogP contribution in [0, 0.1) is 0 Å². The van der Waals surface area contributed by atoms with Gasteiger partial charge in [0.2, 0.25) is 0 Å². The molecule has 0 aliphatic heterocycles. The summed E-state index contributed by atoms with van der Waals surface area (Å²) in [5, 5.41) is 6.76. The summed E-state index contributed by atoms with van der Waals surface area (Å²) in [5.41, 5.74) is 1.08. The highest BCUT2D eigenvalue weighted by Gasteiger charge is 2.27. The molecule has 0 aromatic heterocycles. The van der Waals surface area contributed by atoms with Gasteiger partial charge in [0.25, 0.3) is 0 Å². The minimum Gasteiger partial charge on any atom is -0.489 e. The maximum absolute atomic E-state index is 5.70. The van der Waals surface area contributed by atoms with E-state index in [1.165, 1.54) is 12.8 Å². The Labute approximate surface area is 175 Å². The second kappa shape index (κ2) is 13.0. The Balaban J connectivity index is 0.00000338. The first-order valence-electron chi connectivity index (χ1n) is 9.36. The molecule has 0 saturated heterocycles. The fourth-order valence-electron chi connectivity index (χ4n) is 2.79. The van der Waals surface area contributed by atoms with Crippen LogP contribution >= 0.6 is 24.0 Å². The summed E-state index contributed by atoms with van der Waals surface area (Å²) in [6, 6.07) is 8.83. The molecule has 1 aromatic carbocycles. The SMILES string of the molecule is C=CCOc1ccccc1CN=C(NCC)NCCN(CC)C1CC1.I. The number of hydrogen-bond acceptors (Lipinski definition) is 3. The van der Waals surface area contributed by atoms with E-state index in [0.29, 0.717) is 13.2 Å². The largest absolute Gasteiger partial charge is 0.489 e. The van der Waals surface area contributed by atoms with Crippen molar-refractivity contribution in [2.24, 2.45) is 4.99 Å². The number of halogens is 1. The van der Waals surface area contributed by atoms with E-state index in [-0.39, 0.29) is 24.0 Å². The Morgan fingerprint density at radius 1 is 1.31 bits per heavy atom. The van der Waals surface area contributed by atoms with Gasteiger partial charge in [-0.1, -0.05) is 37.8 Å². The van der Waals surface area contributed by atoms with Gasteiger partial charge in [0.05, 0.1) is 6.54 Å². The number of para-hydroxylation sites is 1. The number of likely N-dealkylation sites (N-methyl/N-ethyl adjacent to an activating group) is 1. The summed E-state index contributed by atoms with van der Waals surface area (Å²) in [4.78, 5) is 7.24. The van der Waals surface area contributed by atoms with Crippen molar-refractivity contribution in [3.05, 3.63) is 42.5 Å². The lowest BCUT2D eigenvalue weighted by molar-refractivity contribution is 0.282. The van der Waals surface area contributed by atoms with Gasteiger partial charge in [-0.25, -0.2) is 4.99 Å². The van der Waals surface area contributed by atoms with Gasteiger partial charge in [-0.15, -0.1) is 24.0 Å². The van der Waals surface area contributed by atoms with E-state index in [2.05, 4.69) is 42.0 Å². The standard InChI is InChI=1S/C20H32N4O.HI/c1-4-15-25-19-10-8-7-9-17(19)16-23-20(21-5-2)22-13-14-24(6-3)18-11-12-18;/h4,7-10,18H,1,5-6,11-16H2,2-3H3,(H2,21,22,23);1H. The molecule has 0 amide bonds. The number of nitrogens with one attached hydrogen (secondary N) is 2. The van der Waals surface area contributed by atoms with Crippen LogP contribution in [0.25, 0.3) is 0 Å². The monoisotopic (exact) mass is 472 g/mol. The van der Waals surface area contributed by atoms with Crippen LogP contribution in [-0.2, 0) is 6.54 Å². The zero-order valence-corrected chi connectivity index (χ0v) is 18.4. The molecule has 0 unspecified atom stereocenters. The van der Waals surface area contributed by atoms with E-state index in [9.17, 15) is 0 Å². The van der Waals surface area contributed by atoms with Gasteiger partial charge in [0.15, 0.2) is 5.96 Å². The molecule has 1 aliphatic carbocycles. The van der Waals surface area contributed by atoms with Crippen LogP contribution < -0.4 is 15.4 Å². The Kier molecular flexibility index (Phi) is 11.4. The minimum atomic E-state index is 0. The first-order chi connectivity index (χ1) is 12.3. The molecule has 26 heavy (non-hydrogen) atoms. The van der Waals surface area contributed by atoms with Crippen molar-refractivity contribution < 1.29 is 4.74 Å². The average molecular weight is 472 g/mol. The predicted molar refractivity (Wildman–Crippen MR) is 121 cm³/mol. The Morgan fingerprint density at radius 3 is 2.73 bits per heavy atom. The van der Waals surface area contributed by atoms with Crippen LogP contribution in [0.3, 0.4) is 0 Å². The average Bonchev–Trinajstić information content (AvgIpc) is 3.47. The van der Waals surface area contributed by atoms with Gasteiger partial charge in [-0.05, 0) is 32.4 Å². The van der Waals surface area contributed by atoms with Crippen LogP contribution in [0.4, 0.5) is 0 Å². The van der Waals surface area contributed by atoms with Crippen molar-refractivity contribution in [1.29, 1.82) is 0 Å². The molecular weight excluding hydrogens is 439 g/mol. The van der Waals surface area contributed by atoms with E-state index < -0.39 is 0 Å². The maximum atomic E-state index is 5.70. The summed E-state index contributed by atoms with van der Waals surface area (Å²) in [5.74, 6) is 1.72. The molecule has 1 aromatic rings. The Bertz CT molecular complexity index is 560. The Morgan fingerprint density at radius 2 is 2.08 bits per heavy atom. The third-order valence-electron chi connectivity index (χ3n) is 4.24. The highest BCUT2D eigenvalue weighted by atomic mass is 127. The first kappa shape index (κ1) is 22.8. The van der Waals surface area contributed by atoms with Crippen LogP contribution in [0.1, 0.15) is 32.3 Å². The van der Waals surface area contributed by atoms with Gasteiger partial charge in [0.1, 0.15) is 12.4 Å². The van der Waals surface area contributed by atoms with Crippen molar-refractivity contribution >= 4 is 29.9 Å². The third-order valence-corrected chi connectivity index (χ3v) is 4.24. The van der Waals surface area contributed by atoms with E-state index >= 15 is 0 Å². The lowest BCUT2D eigenvalue weighted by Gasteiger charge is -2.20. The number of aliphatic imine (C=N–C) groups is 1. The highest BCUT2D eigenvalue weighted by Crippen LogP contribution is 2.25. The number of hydrogen-bond donors (Lipinski definition) is 2. The molecule has 1 fully saturated rings. The molecule has 6 heteroatoms. The minimum absolute atomic E-state index is 0. The van der Waals surface area contributed by atoms with Gasteiger partial charge < -0.3 is 15.4 Å². The second-order valence-electron chi connectivity index (χ2n) is 6.19. The van der Waals surface area contributed by atoms with Gasteiger partial charge in [0, 0.05) is 31.2 Å². The van der Waals surface area contributed by atoms with Crippen molar-refractivity contribution in [1.82, 2.24) is 15.5 Å². The van der Waals surface area contributed by atoms with Gasteiger partial charge >= 0.3 is 0 Å². The van der Waals surface area contributed by atoms with E-state index in [4.69, 9.17) is 9.73 Å². The molecule has 0 spiro atoms.